The Kier molecular flexibility index (Phi) is 8.78. The van der Waals surface area contributed by atoms with Gasteiger partial charge in [0.05, 0.1) is 25.5 Å². The van der Waals surface area contributed by atoms with Gasteiger partial charge in [-0.25, -0.2) is 0 Å². The third-order valence-corrected chi connectivity index (χ3v) is 5.20. The minimum Gasteiger partial charge on any atom is -0.476 e. The largest absolute Gasteiger partial charge is 0.476 e. The van der Waals surface area contributed by atoms with Gasteiger partial charge in [0, 0.05) is 32.9 Å². The van der Waals surface area contributed by atoms with E-state index in [2.05, 4.69) is 15.3 Å². The second-order valence-corrected chi connectivity index (χ2v) is 6.88. The predicted octanol–water partition coefficient (Wildman–Crippen LogP) is 2.17. The van der Waals surface area contributed by atoms with Crippen LogP contribution in [0.4, 0.5) is 0 Å². The van der Waals surface area contributed by atoms with Crippen molar-refractivity contribution in [1.29, 1.82) is 0 Å². The number of carbonyl (C=O) groups excluding carboxylic acids is 1. The number of aryl methyl sites for hydroxylation is 1. The summed E-state index contributed by atoms with van der Waals surface area (Å²) in [5.74, 6) is 1.61. The molecule has 0 atom stereocenters. The van der Waals surface area contributed by atoms with Crippen molar-refractivity contribution < 1.29 is 14.3 Å². The molecule has 2 aromatic rings. The summed E-state index contributed by atoms with van der Waals surface area (Å²) >= 11 is 1.39. The van der Waals surface area contributed by atoms with Gasteiger partial charge in [0.15, 0.2) is 11.0 Å². The fourth-order valence-corrected chi connectivity index (χ4v) is 3.60. The van der Waals surface area contributed by atoms with Crippen LogP contribution in [-0.2, 0) is 22.6 Å². The third-order valence-electron chi connectivity index (χ3n) is 4.25. The van der Waals surface area contributed by atoms with E-state index < -0.39 is 0 Å². The molecule has 9 nitrogen and oxygen atoms in total. The first-order valence-electron chi connectivity index (χ1n) is 9.62. The first-order valence-corrected chi connectivity index (χ1v) is 10.6. The van der Waals surface area contributed by atoms with Gasteiger partial charge < -0.3 is 14.4 Å². The van der Waals surface area contributed by atoms with Gasteiger partial charge in [-0.15, -0.1) is 15.3 Å². The topological polar surface area (TPSA) is 87.3 Å². The number of methoxy groups -OCH3 is 1. The number of thioether (sulfide) groups is 1. The lowest BCUT2D eigenvalue weighted by molar-refractivity contribution is -0.127. The van der Waals surface area contributed by atoms with Crippen molar-refractivity contribution in [3.8, 4) is 17.3 Å². The van der Waals surface area contributed by atoms with Gasteiger partial charge in [0.1, 0.15) is 5.56 Å². The molecule has 2 aromatic heterocycles. The van der Waals surface area contributed by atoms with Crippen molar-refractivity contribution in [2.24, 2.45) is 0 Å². The van der Waals surface area contributed by atoms with E-state index in [-0.39, 0.29) is 5.91 Å². The fraction of sp³-hybridized carbons (Fsp3) is 0.667. The molecule has 0 radical (unpaired) electrons. The summed E-state index contributed by atoms with van der Waals surface area (Å²) in [5, 5.41) is 13.8. The summed E-state index contributed by atoms with van der Waals surface area (Å²) in [4.78, 5) is 14.2. The Bertz CT molecular complexity index is 757. The van der Waals surface area contributed by atoms with Crippen LogP contribution in [0.15, 0.2) is 11.4 Å². The summed E-state index contributed by atoms with van der Waals surface area (Å²) < 4.78 is 14.7. The van der Waals surface area contributed by atoms with E-state index >= 15 is 0 Å². The molecule has 0 aromatic carbocycles. The molecule has 0 aliphatic rings. The Balaban J connectivity index is 2.31. The number of carbonyl (C=O) groups is 1. The Morgan fingerprint density at radius 1 is 1.21 bits per heavy atom. The Hall–Kier alpha value is -2.07. The Morgan fingerprint density at radius 2 is 1.96 bits per heavy atom. The molecule has 0 bridgehead atoms. The summed E-state index contributed by atoms with van der Waals surface area (Å²) in [6.45, 7) is 11.6. The van der Waals surface area contributed by atoms with Gasteiger partial charge in [-0.2, -0.15) is 0 Å². The average Bonchev–Trinajstić information content (AvgIpc) is 3.29. The number of ether oxygens (including phenoxy) is 2. The molecule has 28 heavy (non-hydrogen) atoms. The second kappa shape index (κ2) is 11.1. The van der Waals surface area contributed by atoms with Gasteiger partial charge in [-0.3, -0.25) is 14.0 Å². The van der Waals surface area contributed by atoms with E-state index in [1.807, 2.05) is 48.0 Å². The molecule has 0 N–H and O–H groups in total. The van der Waals surface area contributed by atoms with Gasteiger partial charge in [0.2, 0.25) is 11.8 Å². The minimum atomic E-state index is 0.0895. The lowest BCUT2D eigenvalue weighted by Crippen LogP contribution is -2.32. The lowest BCUT2D eigenvalue weighted by Gasteiger charge is -2.18. The molecule has 0 fully saturated rings. The van der Waals surface area contributed by atoms with Crippen LogP contribution in [0.3, 0.4) is 0 Å². The van der Waals surface area contributed by atoms with Crippen LogP contribution in [0.25, 0.3) is 11.4 Å². The zero-order valence-corrected chi connectivity index (χ0v) is 18.2. The highest BCUT2D eigenvalue weighted by Crippen LogP contribution is 2.30. The summed E-state index contributed by atoms with van der Waals surface area (Å²) in [5.41, 5.74) is 0.786. The SMILES string of the molecule is CCOc1nn(CC)cc1-c1nnc(SCC(=O)N(CC)CC)n1CCOC. The molecular weight excluding hydrogens is 380 g/mol. The Morgan fingerprint density at radius 3 is 2.57 bits per heavy atom. The number of aromatic nitrogens is 5. The average molecular weight is 411 g/mol. The summed E-state index contributed by atoms with van der Waals surface area (Å²) in [7, 11) is 1.65. The normalized spacial score (nSPS) is 11.0. The van der Waals surface area contributed by atoms with Crippen molar-refractivity contribution in [1.82, 2.24) is 29.4 Å². The predicted molar refractivity (Wildman–Crippen MR) is 109 cm³/mol. The molecule has 1 amide bonds. The van der Waals surface area contributed by atoms with Crippen LogP contribution in [0.2, 0.25) is 0 Å². The number of nitrogens with zero attached hydrogens (tertiary/aromatic N) is 6. The standard InChI is InChI=1S/C18H30N6O3S/c1-6-22(7-2)15(25)13-28-18-20-19-16(24(18)10-11-26-5)14-12-23(8-3)21-17(14)27-9-4/h12H,6-11,13H2,1-5H3. The molecule has 0 unspecified atom stereocenters. The van der Waals surface area contributed by atoms with Gasteiger partial charge in [-0.1, -0.05) is 11.8 Å². The molecule has 156 valence electrons. The second-order valence-electron chi connectivity index (χ2n) is 5.94. The molecule has 0 saturated heterocycles. The van der Waals surface area contributed by atoms with Gasteiger partial charge in [0.25, 0.3) is 0 Å². The molecule has 2 rings (SSSR count). The maximum atomic E-state index is 12.4. The highest BCUT2D eigenvalue weighted by molar-refractivity contribution is 7.99. The Labute approximate surface area is 170 Å². The number of amides is 1. The van der Waals surface area contributed by atoms with Crippen molar-refractivity contribution in [2.45, 2.75) is 45.9 Å². The number of hydrogen-bond acceptors (Lipinski definition) is 7. The van der Waals surface area contributed by atoms with Crippen molar-refractivity contribution in [3.63, 3.8) is 0 Å². The molecule has 0 saturated carbocycles. The fourth-order valence-electron chi connectivity index (χ4n) is 2.74. The molecule has 10 heteroatoms. The van der Waals surface area contributed by atoms with Crippen LogP contribution < -0.4 is 4.74 Å². The van der Waals surface area contributed by atoms with Crippen LogP contribution in [-0.4, -0.2) is 74.5 Å². The molecule has 0 aliphatic heterocycles. The molecule has 0 aliphatic carbocycles. The zero-order valence-electron chi connectivity index (χ0n) is 17.3. The minimum absolute atomic E-state index is 0.0895. The number of rotatable bonds is 12. The van der Waals surface area contributed by atoms with Crippen molar-refractivity contribution in [2.75, 3.05) is 39.2 Å². The highest BCUT2D eigenvalue weighted by Gasteiger charge is 2.22. The lowest BCUT2D eigenvalue weighted by atomic mass is 10.3. The highest BCUT2D eigenvalue weighted by atomic mass is 32.2. The maximum Gasteiger partial charge on any atom is 0.243 e. The van der Waals surface area contributed by atoms with E-state index in [9.17, 15) is 4.79 Å². The van der Waals surface area contributed by atoms with E-state index in [1.54, 1.807) is 7.11 Å². The van der Waals surface area contributed by atoms with Crippen molar-refractivity contribution in [3.05, 3.63) is 6.20 Å². The molecule has 2 heterocycles. The maximum absolute atomic E-state index is 12.4. The zero-order chi connectivity index (χ0) is 20.5. The number of hydrogen-bond donors (Lipinski definition) is 0. The van der Waals surface area contributed by atoms with Gasteiger partial charge >= 0.3 is 0 Å². The van der Waals surface area contributed by atoms with E-state index in [0.29, 0.717) is 55.5 Å². The summed E-state index contributed by atoms with van der Waals surface area (Å²) in [6.07, 6.45) is 1.91. The smallest absolute Gasteiger partial charge is 0.243 e. The summed E-state index contributed by atoms with van der Waals surface area (Å²) in [6, 6.07) is 0. The third kappa shape index (κ3) is 5.26. The van der Waals surface area contributed by atoms with Crippen LogP contribution in [0, 0.1) is 0 Å². The molecular formula is C18H30N6O3S. The first kappa shape index (κ1) is 22.2. The van der Waals surface area contributed by atoms with Crippen LogP contribution >= 0.6 is 11.8 Å². The van der Waals surface area contributed by atoms with E-state index in [4.69, 9.17) is 9.47 Å². The first-order chi connectivity index (χ1) is 13.6. The van der Waals surface area contributed by atoms with Crippen molar-refractivity contribution >= 4 is 17.7 Å². The van der Waals surface area contributed by atoms with Gasteiger partial charge in [-0.05, 0) is 27.7 Å². The van der Waals surface area contributed by atoms with Crippen LogP contribution in [0.1, 0.15) is 27.7 Å². The monoisotopic (exact) mass is 410 g/mol. The quantitative estimate of drug-likeness (QED) is 0.496. The molecule has 0 spiro atoms. The van der Waals surface area contributed by atoms with E-state index in [1.165, 1.54) is 11.8 Å². The van der Waals surface area contributed by atoms with Crippen LogP contribution in [0.5, 0.6) is 5.88 Å². The van der Waals surface area contributed by atoms with E-state index in [0.717, 1.165) is 12.1 Å².